The summed E-state index contributed by atoms with van der Waals surface area (Å²) in [5, 5.41) is 0. The summed E-state index contributed by atoms with van der Waals surface area (Å²) < 4.78 is 19.5. The summed E-state index contributed by atoms with van der Waals surface area (Å²) >= 11 is 0. The number of ether oxygens (including phenoxy) is 1. The molecule has 2 aliphatic rings. The number of amides is 1. The van der Waals surface area contributed by atoms with Gasteiger partial charge in [-0.3, -0.25) is 14.7 Å². The number of likely N-dealkylation sites (tertiary alicyclic amines) is 2. The first-order chi connectivity index (χ1) is 14.0. The summed E-state index contributed by atoms with van der Waals surface area (Å²) in [5.41, 5.74) is 1.93. The van der Waals surface area contributed by atoms with Crippen molar-refractivity contribution in [2.75, 3.05) is 33.3 Å². The van der Waals surface area contributed by atoms with Crippen molar-refractivity contribution < 1.29 is 13.9 Å². The maximum absolute atomic E-state index is 14.3. The number of rotatable bonds is 4. The highest BCUT2D eigenvalue weighted by Crippen LogP contribution is 2.40. The van der Waals surface area contributed by atoms with Crippen molar-refractivity contribution in [3.63, 3.8) is 0 Å². The predicted octanol–water partition coefficient (Wildman–Crippen LogP) is 3.06. The van der Waals surface area contributed by atoms with Gasteiger partial charge in [-0.2, -0.15) is 0 Å². The van der Waals surface area contributed by atoms with Gasteiger partial charge in [0.15, 0.2) is 0 Å². The molecule has 0 unspecified atom stereocenters. The molecule has 7 heteroatoms. The maximum atomic E-state index is 14.3. The lowest BCUT2D eigenvalue weighted by Gasteiger charge is -2.40. The number of hydrogen-bond donors (Lipinski definition) is 0. The smallest absolute Gasteiger partial charge is 0.274 e. The van der Waals surface area contributed by atoms with Gasteiger partial charge >= 0.3 is 0 Å². The minimum absolute atomic E-state index is 0.0506. The first-order valence-electron chi connectivity index (χ1n) is 10.1. The molecule has 29 heavy (non-hydrogen) atoms. The molecular weight excluding hydrogens is 371 g/mol. The summed E-state index contributed by atoms with van der Waals surface area (Å²) in [6, 6.07) is 4.88. The predicted molar refractivity (Wildman–Crippen MR) is 107 cm³/mol. The molecule has 0 radical (unpaired) electrons. The molecule has 1 aromatic heterocycles. The zero-order valence-electron chi connectivity index (χ0n) is 17.0. The molecule has 1 aromatic carbocycles. The molecule has 0 N–H and O–H groups in total. The van der Waals surface area contributed by atoms with E-state index in [4.69, 9.17) is 4.74 Å². The van der Waals surface area contributed by atoms with Crippen molar-refractivity contribution in [1.29, 1.82) is 0 Å². The van der Waals surface area contributed by atoms with Gasteiger partial charge in [0, 0.05) is 43.4 Å². The lowest BCUT2D eigenvalue weighted by molar-refractivity contribution is 0.0668. The van der Waals surface area contributed by atoms with E-state index in [1.807, 2.05) is 11.8 Å². The van der Waals surface area contributed by atoms with Gasteiger partial charge in [-0.15, -0.1) is 0 Å². The van der Waals surface area contributed by atoms with Crippen molar-refractivity contribution in [3.05, 3.63) is 53.4 Å². The van der Waals surface area contributed by atoms with Gasteiger partial charge in [-0.25, -0.2) is 9.37 Å². The van der Waals surface area contributed by atoms with E-state index >= 15 is 0 Å². The average Bonchev–Trinajstić information content (AvgIpc) is 3.13. The number of piperidine rings is 1. The Kier molecular flexibility index (Phi) is 5.50. The normalized spacial score (nSPS) is 22.2. The Labute approximate surface area is 170 Å². The first kappa shape index (κ1) is 19.8. The van der Waals surface area contributed by atoms with Crippen LogP contribution in [0.3, 0.4) is 0 Å². The van der Waals surface area contributed by atoms with E-state index in [0.717, 1.165) is 51.1 Å². The number of nitrogens with zero attached hydrogens (tertiary/aromatic N) is 4. The van der Waals surface area contributed by atoms with Crippen molar-refractivity contribution >= 4 is 5.91 Å². The van der Waals surface area contributed by atoms with E-state index in [1.165, 1.54) is 6.07 Å². The summed E-state index contributed by atoms with van der Waals surface area (Å²) in [4.78, 5) is 25.5. The lowest BCUT2D eigenvalue weighted by Crippen LogP contribution is -2.45. The minimum Gasteiger partial charge on any atom is -0.497 e. The fourth-order valence-corrected chi connectivity index (χ4v) is 4.59. The highest BCUT2D eigenvalue weighted by Gasteiger charge is 2.43. The van der Waals surface area contributed by atoms with Gasteiger partial charge in [0.25, 0.3) is 5.91 Å². The fraction of sp³-hybridized carbons (Fsp3) is 0.500. The van der Waals surface area contributed by atoms with Gasteiger partial charge < -0.3 is 9.64 Å². The number of carbonyl (C=O) groups is 1. The standard InChI is InChI=1S/C22H27FN4O2/c1-16-11-25-20(12-24-16)21(28)27-9-7-22(15-27)6-3-8-26(14-22)13-17-10-18(29-2)4-5-19(17)23/h4-5,10-12H,3,6-9,13-15H2,1-2H3/t22-/m1/s1. The Hall–Kier alpha value is -2.54. The van der Waals surface area contributed by atoms with E-state index in [1.54, 1.807) is 31.6 Å². The molecule has 0 aliphatic carbocycles. The molecule has 2 aromatic rings. The molecule has 4 rings (SSSR count). The zero-order chi connectivity index (χ0) is 20.4. The molecule has 0 saturated carbocycles. The number of carbonyl (C=O) groups excluding carboxylic acids is 1. The van der Waals surface area contributed by atoms with E-state index in [9.17, 15) is 9.18 Å². The van der Waals surface area contributed by atoms with Crippen LogP contribution in [0.25, 0.3) is 0 Å². The first-order valence-corrected chi connectivity index (χ1v) is 10.1. The van der Waals surface area contributed by atoms with Crippen LogP contribution in [0.15, 0.2) is 30.6 Å². The molecule has 0 bridgehead atoms. The Bertz CT molecular complexity index is 889. The van der Waals surface area contributed by atoms with Crippen LogP contribution in [0.2, 0.25) is 0 Å². The lowest BCUT2D eigenvalue weighted by atomic mass is 9.79. The highest BCUT2D eigenvalue weighted by molar-refractivity contribution is 5.92. The van der Waals surface area contributed by atoms with E-state index < -0.39 is 0 Å². The van der Waals surface area contributed by atoms with Gasteiger partial charge in [-0.1, -0.05) is 0 Å². The van der Waals surface area contributed by atoms with Crippen molar-refractivity contribution in [2.24, 2.45) is 5.41 Å². The molecule has 2 fully saturated rings. The van der Waals surface area contributed by atoms with Crippen LogP contribution in [0.5, 0.6) is 5.75 Å². The molecule has 6 nitrogen and oxygen atoms in total. The zero-order valence-corrected chi connectivity index (χ0v) is 17.0. The monoisotopic (exact) mass is 398 g/mol. The number of aryl methyl sites for hydroxylation is 1. The third kappa shape index (κ3) is 4.24. The van der Waals surface area contributed by atoms with Crippen molar-refractivity contribution in [3.8, 4) is 5.75 Å². The number of aromatic nitrogens is 2. The molecule has 154 valence electrons. The van der Waals surface area contributed by atoms with Crippen LogP contribution < -0.4 is 4.74 Å². The van der Waals surface area contributed by atoms with Crippen LogP contribution in [-0.4, -0.2) is 59.0 Å². The third-order valence-corrected chi connectivity index (χ3v) is 6.11. The van der Waals surface area contributed by atoms with Crippen LogP contribution >= 0.6 is 0 Å². The van der Waals surface area contributed by atoms with Crippen LogP contribution in [0, 0.1) is 18.2 Å². The van der Waals surface area contributed by atoms with Gasteiger partial charge in [0.05, 0.1) is 19.0 Å². The highest BCUT2D eigenvalue weighted by atomic mass is 19.1. The van der Waals surface area contributed by atoms with Gasteiger partial charge in [0.2, 0.25) is 0 Å². The number of methoxy groups -OCH3 is 1. The quantitative estimate of drug-likeness (QED) is 0.792. The summed E-state index contributed by atoms with van der Waals surface area (Å²) in [7, 11) is 1.59. The number of halogens is 1. The molecule has 2 aliphatic heterocycles. The Morgan fingerprint density at radius 1 is 1.21 bits per heavy atom. The minimum atomic E-state index is -0.202. The molecule has 2 saturated heterocycles. The van der Waals surface area contributed by atoms with Crippen molar-refractivity contribution in [1.82, 2.24) is 19.8 Å². The van der Waals surface area contributed by atoms with E-state index in [-0.39, 0.29) is 17.1 Å². The second kappa shape index (κ2) is 8.06. The summed E-state index contributed by atoms with van der Waals surface area (Å²) in [5.74, 6) is 0.418. The molecule has 1 spiro atoms. The second-order valence-corrected chi connectivity index (χ2v) is 8.29. The fourth-order valence-electron chi connectivity index (χ4n) is 4.59. The molecule has 1 atom stereocenters. The second-order valence-electron chi connectivity index (χ2n) is 8.29. The molecular formula is C22H27FN4O2. The SMILES string of the molecule is COc1ccc(F)c(CN2CCC[C@@]3(CCN(C(=O)c4cnc(C)cn4)C3)C2)c1. The maximum Gasteiger partial charge on any atom is 0.274 e. The summed E-state index contributed by atoms with van der Waals surface area (Å²) in [6.07, 6.45) is 6.30. The Balaban J connectivity index is 1.43. The van der Waals surface area contributed by atoms with Gasteiger partial charge in [-0.05, 0) is 50.9 Å². The van der Waals surface area contributed by atoms with Crippen LogP contribution in [0.1, 0.15) is 41.0 Å². The number of hydrogen-bond acceptors (Lipinski definition) is 5. The molecule has 3 heterocycles. The number of benzene rings is 1. The van der Waals surface area contributed by atoms with Crippen LogP contribution in [0.4, 0.5) is 4.39 Å². The van der Waals surface area contributed by atoms with Gasteiger partial charge in [0.1, 0.15) is 17.3 Å². The van der Waals surface area contributed by atoms with E-state index in [2.05, 4.69) is 14.9 Å². The van der Waals surface area contributed by atoms with E-state index in [0.29, 0.717) is 23.6 Å². The Morgan fingerprint density at radius 3 is 2.83 bits per heavy atom. The molecule has 1 amide bonds. The van der Waals surface area contributed by atoms with Crippen LogP contribution in [-0.2, 0) is 6.54 Å². The third-order valence-electron chi connectivity index (χ3n) is 6.11. The Morgan fingerprint density at radius 2 is 2.07 bits per heavy atom. The topological polar surface area (TPSA) is 58.6 Å². The average molecular weight is 398 g/mol. The van der Waals surface area contributed by atoms with Crippen molar-refractivity contribution in [2.45, 2.75) is 32.7 Å². The summed E-state index contributed by atoms with van der Waals surface area (Å²) in [6.45, 7) is 5.67. The largest absolute Gasteiger partial charge is 0.497 e.